The summed E-state index contributed by atoms with van der Waals surface area (Å²) in [6, 6.07) is 13.7. The number of carbonyl (C=O) groups is 1. The Morgan fingerprint density at radius 3 is 2.79 bits per heavy atom. The number of benzene rings is 2. The summed E-state index contributed by atoms with van der Waals surface area (Å²) in [5.74, 6) is 0.0222. The fraction of sp³-hybridized carbons (Fsp3) is 0.0952. The SMILES string of the molecule is Cc1csc2oc(Cc3cccc(NC(=O)c4cccc(NO)c4)c3)nc(=O)c12. The van der Waals surface area contributed by atoms with Crippen LogP contribution in [0.1, 0.15) is 27.4 Å². The Morgan fingerprint density at radius 2 is 1.97 bits per heavy atom. The number of aryl methyl sites for hydroxylation is 1. The van der Waals surface area contributed by atoms with Gasteiger partial charge in [0.05, 0.1) is 11.1 Å². The molecule has 0 aliphatic carbocycles. The number of hydrogen-bond donors (Lipinski definition) is 3. The molecular formula is C21H17N3O4S. The molecule has 1 amide bonds. The van der Waals surface area contributed by atoms with Crippen LogP contribution in [-0.4, -0.2) is 16.1 Å². The van der Waals surface area contributed by atoms with Gasteiger partial charge in [-0.15, -0.1) is 11.3 Å². The van der Waals surface area contributed by atoms with Gasteiger partial charge in [0.1, 0.15) is 0 Å². The second kappa shape index (κ2) is 7.86. The van der Waals surface area contributed by atoms with E-state index in [4.69, 9.17) is 9.62 Å². The molecule has 4 aromatic rings. The Labute approximate surface area is 169 Å². The second-order valence-electron chi connectivity index (χ2n) is 6.52. The van der Waals surface area contributed by atoms with E-state index in [2.05, 4.69) is 10.3 Å². The first-order valence-electron chi connectivity index (χ1n) is 8.82. The predicted molar refractivity (Wildman–Crippen MR) is 112 cm³/mol. The van der Waals surface area contributed by atoms with Crippen molar-refractivity contribution in [2.24, 2.45) is 0 Å². The summed E-state index contributed by atoms with van der Waals surface area (Å²) in [5, 5.41) is 14.2. The molecule has 0 saturated carbocycles. The third kappa shape index (κ3) is 4.03. The van der Waals surface area contributed by atoms with Crippen molar-refractivity contribution >= 4 is 38.9 Å². The number of anilines is 2. The van der Waals surface area contributed by atoms with Gasteiger partial charge in [0, 0.05) is 17.7 Å². The molecular weight excluding hydrogens is 390 g/mol. The van der Waals surface area contributed by atoms with E-state index in [1.807, 2.05) is 29.9 Å². The molecule has 2 heterocycles. The molecule has 8 heteroatoms. The minimum absolute atomic E-state index is 0.290. The average Bonchev–Trinajstić information content (AvgIpc) is 3.09. The van der Waals surface area contributed by atoms with Crippen molar-refractivity contribution in [2.45, 2.75) is 13.3 Å². The first-order chi connectivity index (χ1) is 14.0. The third-order valence-corrected chi connectivity index (χ3v) is 5.36. The van der Waals surface area contributed by atoms with Crippen LogP contribution in [0.5, 0.6) is 0 Å². The molecule has 7 nitrogen and oxygen atoms in total. The number of hydrogen-bond acceptors (Lipinski definition) is 7. The first-order valence-corrected chi connectivity index (χ1v) is 9.70. The first kappa shape index (κ1) is 18.9. The van der Waals surface area contributed by atoms with E-state index < -0.39 is 0 Å². The monoisotopic (exact) mass is 407 g/mol. The Balaban J connectivity index is 1.54. The fourth-order valence-corrected chi connectivity index (χ4v) is 3.91. The van der Waals surface area contributed by atoms with Gasteiger partial charge >= 0.3 is 0 Å². The van der Waals surface area contributed by atoms with Crippen LogP contribution >= 0.6 is 11.3 Å². The van der Waals surface area contributed by atoms with Crippen molar-refractivity contribution in [1.29, 1.82) is 0 Å². The molecule has 0 spiro atoms. The van der Waals surface area contributed by atoms with Crippen LogP contribution in [0.2, 0.25) is 0 Å². The highest BCUT2D eigenvalue weighted by atomic mass is 32.1. The van der Waals surface area contributed by atoms with Crippen LogP contribution in [-0.2, 0) is 6.42 Å². The largest absolute Gasteiger partial charge is 0.431 e. The summed E-state index contributed by atoms with van der Waals surface area (Å²) >= 11 is 1.38. The minimum atomic E-state index is -0.306. The molecule has 2 aromatic carbocycles. The van der Waals surface area contributed by atoms with Gasteiger partial charge in [-0.25, -0.2) is 0 Å². The number of amides is 1. The molecule has 0 radical (unpaired) electrons. The van der Waals surface area contributed by atoms with Gasteiger partial charge in [-0.3, -0.25) is 20.3 Å². The molecule has 4 rings (SSSR count). The Morgan fingerprint density at radius 1 is 1.17 bits per heavy atom. The van der Waals surface area contributed by atoms with Crippen LogP contribution in [0.3, 0.4) is 0 Å². The third-order valence-electron chi connectivity index (χ3n) is 4.39. The number of nitrogens with one attached hydrogen (secondary N) is 2. The summed E-state index contributed by atoms with van der Waals surface area (Å²) < 4.78 is 5.77. The maximum Gasteiger partial charge on any atom is 0.284 e. The van der Waals surface area contributed by atoms with Crippen molar-refractivity contribution < 1.29 is 14.4 Å². The standard InChI is InChI=1S/C21H17N3O4S/c1-12-11-29-21-18(12)20(26)23-17(28-21)9-13-4-2-6-15(8-13)22-19(25)14-5-3-7-16(10-14)24-27/h2-8,10-11,24,27H,9H2,1H3,(H,22,25). The number of rotatable bonds is 5. The molecule has 0 atom stereocenters. The zero-order valence-corrected chi connectivity index (χ0v) is 16.2. The van der Waals surface area contributed by atoms with Gasteiger partial charge in [0.15, 0.2) is 4.90 Å². The number of aromatic nitrogens is 1. The van der Waals surface area contributed by atoms with Crippen molar-refractivity contribution in [3.05, 3.63) is 86.8 Å². The van der Waals surface area contributed by atoms with Crippen LogP contribution in [0, 0.1) is 6.92 Å². The van der Waals surface area contributed by atoms with E-state index in [1.54, 1.807) is 30.3 Å². The van der Waals surface area contributed by atoms with Gasteiger partial charge < -0.3 is 9.73 Å². The van der Waals surface area contributed by atoms with E-state index >= 15 is 0 Å². The smallest absolute Gasteiger partial charge is 0.284 e. The van der Waals surface area contributed by atoms with E-state index in [9.17, 15) is 9.59 Å². The fourth-order valence-electron chi connectivity index (χ4n) is 2.99. The van der Waals surface area contributed by atoms with Crippen molar-refractivity contribution in [1.82, 2.24) is 4.98 Å². The van der Waals surface area contributed by atoms with Gasteiger partial charge in [-0.05, 0) is 53.8 Å². The molecule has 0 fully saturated rings. The summed E-state index contributed by atoms with van der Waals surface area (Å²) in [5.41, 5.74) is 4.87. The maximum absolute atomic E-state index is 12.5. The molecule has 3 N–H and O–H groups in total. The predicted octanol–water partition coefficient (Wildman–Crippen LogP) is 4.20. The number of thiophene rings is 1. The molecule has 0 unspecified atom stereocenters. The zero-order valence-electron chi connectivity index (χ0n) is 15.4. The van der Waals surface area contributed by atoms with Crippen molar-refractivity contribution in [3.8, 4) is 0 Å². The highest BCUT2D eigenvalue weighted by molar-refractivity contribution is 7.16. The average molecular weight is 407 g/mol. The van der Waals surface area contributed by atoms with E-state index in [0.29, 0.717) is 39.5 Å². The summed E-state index contributed by atoms with van der Waals surface area (Å²) in [6.45, 7) is 1.86. The normalized spacial score (nSPS) is 10.8. The van der Waals surface area contributed by atoms with Gasteiger partial charge in [-0.1, -0.05) is 18.2 Å². The number of fused-ring (bicyclic) bond motifs is 1. The summed E-state index contributed by atoms with van der Waals surface area (Å²) in [4.78, 5) is 29.3. The van der Waals surface area contributed by atoms with E-state index in [0.717, 1.165) is 11.1 Å². The lowest BCUT2D eigenvalue weighted by Crippen LogP contribution is -2.12. The molecule has 146 valence electrons. The molecule has 29 heavy (non-hydrogen) atoms. The van der Waals surface area contributed by atoms with Crippen LogP contribution in [0.25, 0.3) is 10.3 Å². The maximum atomic E-state index is 12.5. The molecule has 0 aliphatic rings. The van der Waals surface area contributed by atoms with E-state index in [1.165, 1.54) is 17.4 Å². The van der Waals surface area contributed by atoms with Gasteiger partial charge in [0.25, 0.3) is 11.5 Å². The number of nitrogens with zero attached hydrogens (tertiary/aromatic N) is 1. The van der Waals surface area contributed by atoms with Crippen molar-refractivity contribution in [3.63, 3.8) is 0 Å². The molecule has 0 aliphatic heterocycles. The summed E-state index contributed by atoms with van der Waals surface area (Å²) in [6.07, 6.45) is 0.329. The molecule has 0 saturated heterocycles. The highest BCUT2D eigenvalue weighted by Crippen LogP contribution is 2.23. The lowest BCUT2D eigenvalue weighted by molar-refractivity contribution is 0.102. The van der Waals surface area contributed by atoms with Crippen LogP contribution in [0.4, 0.5) is 11.4 Å². The second-order valence-corrected chi connectivity index (χ2v) is 7.36. The van der Waals surface area contributed by atoms with Crippen LogP contribution < -0.4 is 16.4 Å². The van der Waals surface area contributed by atoms with Gasteiger partial charge in [-0.2, -0.15) is 4.98 Å². The lowest BCUT2D eigenvalue weighted by atomic mass is 10.1. The Kier molecular flexibility index (Phi) is 5.11. The highest BCUT2D eigenvalue weighted by Gasteiger charge is 2.12. The number of carbonyl (C=O) groups excluding carboxylic acids is 1. The summed E-state index contributed by atoms with van der Waals surface area (Å²) in [7, 11) is 0. The Hall–Kier alpha value is -3.49. The molecule has 0 bridgehead atoms. The minimum Gasteiger partial charge on any atom is -0.431 e. The quantitative estimate of drug-likeness (QED) is 0.428. The lowest BCUT2D eigenvalue weighted by Gasteiger charge is -2.08. The van der Waals surface area contributed by atoms with Crippen molar-refractivity contribution in [2.75, 3.05) is 10.8 Å². The van der Waals surface area contributed by atoms with E-state index in [-0.39, 0.29) is 11.5 Å². The Bertz CT molecular complexity index is 1260. The topological polar surface area (TPSA) is 104 Å². The van der Waals surface area contributed by atoms with Crippen LogP contribution in [0.15, 0.2) is 63.1 Å². The zero-order chi connectivity index (χ0) is 20.4. The van der Waals surface area contributed by atoms with Gasteiger partial charge in [0.2, 0.25) is 5.89 Å². The molecule has 2 aromatic heterocycles.